The van der Waals surface area contributed by atoms with Crippen LogP contribution in [0, 0.1) is 13.8 Å². The van der Waals surface area contributed by atoms with Gasteiger partial charge in [-0.15, -0.1) is 0 Å². The van der Waals surface area contributed by atoms with Gasteiger partial charge in [0.1, 0.15) is 5.15 Å². The molecule has 74 valence electrons. The van der Waals surface area contributed by atoms with Gasteiger partial charge in [-0.25, -0.2) is 9.97 Å². The maximum Gasteiger partial charge on any atom is 0.188 e. The van der Waals surface area contributed by atoms with Crippen LogP contribution in [0.2, 0.25) is 5.15 Å². The lowest BCUT2D eigenvalue weighted by Crippen LogP contribution is -1.94. The van der Waals surface area contributed by atoms with Crippen LogP contribution in [0.3, 0.4) is 0 Å². The number of rotatable bonds is 1. The average Bonchev–Trinajstić information content (AvgIpc) is 2.16. The van der Waals surface area contributed by atoms with Crippen molar-refractivity contribution in [2.45, 2.75) is 32.9 Å². The van der Waals surface area contributed by atoms with E-state index in [1.807, 2.05) is 34.0 Å². The molecule has 1 heterocycles. The summed E-state index contributed by atoms with van der Waals surface area (Å²) < 4.78 is 0. The first kappa shape index (κ1) is 12.7. The zero-order valence-electron chi connectivity index (χ0n) is 8.68. The Kier molecular flexibility index (Phi) is 6.08. The van der Waals surface area contributed by atoms with E-state index in [0.717, 1.165) is 16.4 Å². The average molecular weight is 219 g/mol. The first-order valence-corrected chi connectivity index (χ1v) is 5.80. The second kappa shape index (κ2) is 6.22. The summed E-state index contributed by atoms with van der Waals surface area (Å²) in [4.78, 5) is 8.29. The number of hydrogen-bond donors (Lipinski definition) is 0. The SMILES string of the molecule is CC.CSc1nc(C)c(C)c(Cl)n1. The molecule has 0 aliphatic carbocycles. The Morgan fingerprint density at radius 2 is 1.69 bits per heavy atom. The van der Waals surface area contributed by atoms with E-state index < -0.39 is 0 Å². The summed E-state index contributed by atoms with van der Waals surface area (Å²) in [5.41, 5.74) is 1.92. The van der Waals surface area contributed by atoms with Gasteiger partial charge < -0.3 is 0 Å². The zero-order valence-corrected chi connectivity index (χ0v) is 10.3. The Hall–Kier alpha value is -0.280. The lowest BCUT2D eigenvalue weighted by Gasteiger charge is -2.02. The monoisotopic (exact) mass is 218 g/mol. The number of nitrogens with zero attached hydrogens (tertiary/aromatic N) is 2. The van der Waals surface area contributed by atoms with Crippen molar-refractivity contribution in [3.8, 4) is 0 Å². The Morgan fingerprint density at radius 1 is 1.15 bits per heavy atom. The molecule has 0 saturated heterocycles. The van der Waals surface area contributed by atoms with Crippen LogP contribution >= 0.6 is 23.4 Å². The molecule has 1 rings (SSSR count). The van der Waals surface area contributed by atoms with Gasteiger partial charge in [-0.05, 0) is 20.1 Å². The molecule has 0 aliphatic rings. The van der Waals surface area contributed by atoms with Crippen molar-refractivity contribution >= 4 is 23.4 Å². The van der Waals surface area contributed by atoms with E-state index in [4.69, 9.17) is 11.6 Å². The molecule has 0 radical (unpaired) electrons. The molecule has 0 aromatic carbocycles. The highest BCUT2D eigenvalue weighted by atomic mass is 35.5. The van der Waals surface area contributed by atoms with E-state index in [0.29, 0.717) is 5.15 Å². The lowest BCUT2D eigenvalue weighted by atomic mass is 10.3. The molecule has 0 fully saturated rings. The fourth-order valence-corrected chi connectivity index (χ4v) is 1.34. The molecule has 1 aromatic heterocycles. The van der Waals surface area contributed by atoms with Gasteiger partial charge in [-0.3, -0.25) is 0 Å². The molecule has 0 atom stereocenters. The van der Waals surface area contributed by atoms with Crippen molar-refractivity contribution in [3.63, 3.8) is 0 Å². The fraction of sp³-hybridized carbons (Fsp3) is 0.556. The Labute approximate surface area is 89.1 Å². The maximum atomic E-state index is 5.83. The molecular weight excluding hydrogens is 204 g/mol. The molecule has 0 spiro atoms. The van der Waals surface area contributed by atoms with Gasteiger partial charge in [0, 0.05) is 11.3 Å². The molecule has 0 N–H and O–H groups in total. The summed E-state index contributed by atoms with van der Waals surface area (Å²) >= 11 is 7.33. The minimum atomic E-state index is 0.557. The van der Waals surface area contributed by atoms with Gasteiger partial charge in [0.05, 0.1) is 0 Å². The van der Waals surface area contributed by atoms with E-state index in [9.17, 15) is 0 Å². The molecule has 0 bridgehead atoms. The van der Waals surface area contributed by atoms with Crippen LogP contribution in [0.15, 0.2) is 5.16 Å². The van der Waals surface area contributed by atoms with Crippen molar-refractivity contribution in [1.82, 2.24) is 9.97 Å². The largest absolute Gasteiger partial charge is 0.228 e. The van der Waals surface area contributed by atoms with Crippen LogP contribution < -0.4 is 0 Å². The predicted octanol–water partition coefficient (Wildman–Crippen LogP) is 3.49. The van der Waals surface area contributed by atoms with Crippen LogP contribution in [-0.4, -0.2) is 16.2 Å². The summed E-state index contributed by atoms with van der Waals surface area (Å²) in [6.45, 7) is 7.85. The van der Waals surface area contributed by atoms with Crippen molar-refractivity contribution in [3.05, 3.63) is 16.4 Å². The standard InChI is InChI=1S/C7H9ClN2S.C2H6/c1-4-5(2)9-7(11-3)10-6(4)8;1-2/h1-3H3;1-2H3. The Balaban J connectivity index is 0.000000671. The third kappa shape index (κ3) is 3.53. The predicted molar refractivity (Wildman–Crippen MR) is 59.6 cm³/mol. The molecule has 0 saturated carbocycles. The van der Waals surface area contributed by atoms with Crippen LogP contribution in [0.25, 0.3) is 0 Å². The summed E-state index contributed by atoms with van der Waals surface area (Å²) in [6.07, 6.45) is 1.93. The highest BCUT2D eigenvalue weighted by molar-refractivity contribution is 7.98. The van der Waals surface area contributed by atoms with E-state index in [2.05, 4.69) is 9.97 Å². The van der Waals surface area contributed by atoms with E-state index >= 15 is 0 Å². The number of hydrogen-bond acceptors (Lipinski definition) is 3. The van der Waals surface area contributed by atoms with Crippen LogP contribution in [0.1, 0.15) is 25.1 Å². The van der Waals surface area contributed by atoms with Crippen LogP contribution in [0.4, 0.5) is 0 Å². The normalized spacial score (nSPS) is 9.08. The van der Waals surface area contributed by atoms with Crippen molar-refractivity contribution in [1.29, 1.82) is 0 Å². The van der Waals surface area contributed by atoms with Gasteiger partial charge in [-0.2, -0.15) is 0 Å². The zero-order chi connectivity index (χ0) is 10.4. The molecular formula is C9H15ClN2S. The van der Waals surface area contributed by atoms with E-state index in [1.54, 1.807) is 0 Å². The third-order valence-corrected chi connectivity index (χ3v) is 2.41. The van der Waals surface area contributed by atoms with E-state index in [-0.39, 0.29) is 0 Å². The molecule has 0 unspecified atom stereocenters. The molecule has 0 amide bonds. The Morgan fingerprint density at radius 3 is 2.08 bits per heavy atom. The second-order valence-electron chi connectivity index (χ2n) is 2.21. The van der Waals surface area contributed by atoms with Crippen molar-refractivity contribution < 1.29 is 0 Å². The maximum absolute atomic E-state index is 5.83. The highest BCUT2D eigenvalue weighted by Crippen LogP contribution is 2.18. The molecule has 2 nitrogen and oxygen atoms in total. The topological polar surface area (TPSA) is 25.8 Å². The minimum Gasteiger partial charge on any atom is -0.228 e. The van der Waals surface area contributed by atoms with Crippen LogP contribution in [-0.2, 0) is 0 Å². The minimum absolute atomic E-state index is 0.557. The second-order valence-corrected chi connectivity index (χ2v) is 3.34. The van der Waals surface area contributed by atoms with Gasteiger partial charge in [0.15, 0.2) is 5.16 Å². The smallest absolute Gasteiger partial charge is 0.188 e. The van der Waals surface area contributed by atoms with Crippen LogP contribution in [0.5, 0.6) is 0 Å². The number of thioether (sulfide) groups is 1. The number of aromatic nitrogens is 2. The molecule has 0 aliphatic heterocycles. The quantitative estimate of drug-likeness (QED) is 0.410. The number of halogens is 1. The summed E-state index contributed by atoms with van der Waals surface area (Å²) in [5, 5.41) is 1.29. The lowest BCUT2D eigenvalue weighted by molar-refractivity contribution is 0.916. The fourth-order valence-electron chi connectivity index (χ4n) is 0.661. The van der Waals surface area contributed by atoms with Gasteiger partial charge >= 0.3 is 0 Å². The summed E-state index contributed by atoms with van der Waals surface area (Å²) in [7, 11) is 0. The van der Waals surface area contributed by atoms with Gasteiger partial charge in [-0.1, -0.05) is 37.2 Å². The number of aryl methyl sites for hydroxylation is 1. The molecule has 4 heteroatoms. The molecule has 1 aromatic rings. The summed E-state index contributed by atoms with van der Waals surface area (Å²) in [6, 6.07) is 0. The Bertz CT molecular complexity index is 253. The first-order chi connectivity index (χ1) is 6.15. The summed E-state index contributed by atoms with van der Waals surface area (Å²) in [5.74, 6) is 0. The van der Waals surface area contributed by atoms with Crippen molar-refractivity contribution in [2.24, 2.45) is 0 Å². The van der Waals surface area contributed by atoms with E-state index in [1.165, 1.54) is 11.8 Å². The van der Waals surface area contributed by atoms with Gasteiger partial charge in [0.25, 0.3) is 0 Å². The third-order valence-electron chi connectivity index (χ3n) is 1.49. The van der Waals surface area contributed by atoms with Crippen molar-refractivity contribution in [2.75, 3.05) is 6.26 Å². The molecule has 13 heavy (non-hydrogen) atoms. The van der Waals surface area contributed by atoms with Gasteiger partial charge in [0.2, 0.25) is 0 Å². The highest BCUT2D eigenvalue weighted by Gasteiger charge is 2.03. The first-order valence-electron chi connectivity index (χ1n) is 4.20.